The maximum absolute atomic E-state index is 13.0. The molecule has 3 rings (SSSR count). The van der Waals surface area contributed by atoms with E-state index in [0.717, 1.165) is 4.90 Å². The van der Waals surface area contributed by atoms with E-state index in [9.17, 15) is 14.4 Å². The highest BCUT2D eigenvalue weighted by Gasteiger charge is 2.54. The minimum Gasteiger partial charge on any atom is -0.309 e. The Morgan fingerprint density at radius 2 is 1.76 bits per heavy atom. The second-order valence-corrected chi connectivity index (χ2v) is 6.54. The van der Waals surface area contributed by atoms with Crippen molar-refractivity contribution < 1.29 is 14.4 Å². The fourth-order valence-corrected chi connectivity index (χ4v) is 3.16. The molecule has 2 aromatic carbocycles. The Hall–Kier alpha value is -2.66. The first-order valence-electron chi connectivity index (χ1n) is 7.79. The van der Waals surface area contributed by atoms with Gasteiger partial charge in [-0.3, -0.25) is 14.5 Å². The molecule has 128 valence electrons. The summed E-state index contributed by atoms with van der Waals surface area (Å²) < 4.78 is 0. The Bertz CT molecular complexity index is 853. The highest BCUT2D eigenvalue weighted by Crippen LogP contribution is 2.36. The van der Waals surface area contributed by atoms with Crippen molar-refractivity contribution in [2.45, 2.75) is 12.5 Å². The number of likely N-dealkylation sites (N-methyl/N-ethyl adjacent to an activating group) is 1. The van der Waals surface area contributed by atoms with Crippen LogP contribution in [0.5, 0.6) is 0 Å². The van der Waals surface area contributed by atoms with E-state index in [1.54, 1.807) is 68.6 Å². The SMILES string of the molecule is CN1C(=O)N(CC(=O)c2ccccc2)C(=O)C1(C)c1cccc(Cl)c1. The third-order valence-electron chi connectivity index (χ3n) is 4.63. The highest BCUT2D eigenvalue weighted by atomic mass is 35.5. The molecule has 1 atom stereocenters. The number of benzene rings is 2. The number of carbonyl (C=O) groups is 3. The van der Waals surface area contributed by atoms with Gasteiger partial charge in [0.2, 0.25) is 0 Å². The minimum absolute atomic E-state index is 0.286. The highest BCUT2D eigenvalue weighted by molar-refractivity contribution is 6.30. The van der Waals surface area contributed by atoms with Crippen LogP contribution in [0.1, 0.15) is 22.8 Å². The van der Waals surface area contributed by atoms with Gasteiger partial charge in [0.1, 0.15) is 5.54 Å². The predicted molar refractivity (Wildman–Crippen MR) is 94.4 cm³/mol. The molecule has 0 aromatic heterocycles. The number of hydrogen-bond acceptors (Lipinski definition) is 3. The summed E-state index contributed by atoms with van der Waals surface area (Å²) >= 11 is 6.04. The molecule has 6 heteroatoms. The van der Waals surface area contributed by atoms with Gasteiger partial charge in [0.05, 0.1) is 6.54 Å². The summed E-state index contributed by atoms with van der Waals surface area (Å²) in [6, 6.07) is 14.9. The van der Waals surface area contributed by atoms with Crippen LogP contribution >= 0.6 is 11.6 Å². The average molecular weight is 357 g/mol. The Labute approximate surface area is 150 Å². The predicted octanol–water partition coefficient (Wildman–Crippen LogP) is 3.33. The lowest BCUT2D eigenvalue weighted by atomic mass is 9.91. The number of rotatable bonds is 4. The first kappa shape index (κ1) is 17.2. The van der Waals surface area contributed by atoms with E-state index >= 15 is 0 Å². The van der Waals surface area contributed by atoms with Crippen LogP contribution < -0.4 is 0 Å². The Balaban J connectivity index is 1.92. The third-order valence-corrected chi connectivity index (χ3v) is 4.87. The smallest absolute Gasteiger partial charge is 0.309 e. The molecule has 0 bridgehead atoms. The van der Waals surface area contributed by atoms with Crippen LogP contribution in [-0.2, 0) is 10.3 Å². The van der Waals surface area contributed by atoms with Gasteiger partial charge in [-0.25, -0.2) is 4.79 Å². The van der Waals surface area contributed by atoms with Gasteiger partial charge in [0, 0.05) is 17.6 Å². The van der Waals surface area contributed by atoms with Crippen molar-refractivity contribution in [3.05, 3.63) is 70.7 Å². The summed E-state index contributed by atoms with van der Waals surface area (Å²) in [6.07, 6.45) is 0. The normalized spacial score (nSPS) is 20.3. The number of carbonyl (C=O) groups excluding carboxylic acids is 3. The first-order chi connectivity index (χ1) is 11.9. The van der Waals surface area contributed by atoms with E-state index in [0.29, 0.717) is 16.1 Å². The van der Waals surface area contributed by atoms with Gasteiger partial charge in [0.15, 0.2) is 5.78 Å². The van der Waals surface area contributed by atoms with Crippen LogP contribution in [0.4, 0.5) is 4.79 Å². The molecular formula is C19H17ClN2O3. The second-order valence-electron chi connectivity index (χ2n) is 6.10. The number of urea groups is 1. The monoisotopic (exact) mass is 356 g/mol. The maximum Gasteiger partial charge on any atom is 0.328 e. The van der Waals surface area contributed by atoms with E-state index in [2.05, 4.69) is 0 Å². The Kier molecular flexibility index (Phi) is 4.35. The second kappa shape index (κ2) is 6.33. The zero-order chi connectivity index (χ0) is 18.2. The molecule has 0 N–H and O–H groups in total. The topological polar surface area (TPSA) is 57.7 Å². The van der Waals surface area contributed by atoms with Crippen LogP contribution in [0.2, 0.25) is 5.02 Å². The molecule has 1 fully saturated rings. The van der Waals surface area contributed by atoms with Crippen molar-refractivity contribution in [1.29, 1.82) is 0 Å². The lowest BCUT2D eigenvalue weighted by Gasteiger charge is -2.29. The van der Waals surface area contributed by atoms with Crippen LogP contribution in [0.15, 0.2) is 54.6 Å². The Morgan fingerprint density at radius 1 is 1.08 bits per heavy atom. The van der Waals surface area contributed by atoms with E-state index < -0.39 is 17.5 Å². The van der Waals surface area contributed by atoms with Crippen molar-refractivity contribution in [3.8, 4) is 0 Å². The largest absolute Gasteiger partial charge is 0.328 e. The molecule has 1 aliphatic heterocycles. The van der Waals surface area contributed by atoms with E-state index in [4.69, 9.17) is 11.6 Å². The molecule has 0 saturated carbocycles. The molecule has 0 aliphatic carbocycles. The number of amides is 3. The number of nitrogens with zero attached hydrogens (tertiary/aromatic N) is 2. The van der Waals surface area contributed by atoms with Crippen molar-refractivity contribution in [2.24, 2.45) is 0 Å². The summed E-state index contributed by atoms with van der Waals surface area (Å²) in [5.41, 5.74) is -0.128. The molecule has 1 aliphatic rings. The summed E-state index contributed by atoms with van der Waals surface area (Å²) in [5, 5.41) is 0.478. The van der Waals surface area contributed by atoms with Gasteiger partial charge >= 0.3 is 6.03 Å². The van der Waals surface area contributed by atoms with Crippen LogP contribution in [-0.4, -0.2) is 41.1 Å². The lowest BCUT2D eigenvalue weighted by Crippen LogP contribution is -2.42. The number of ketones is 1. The number of Topliss-reactive ketones (excluding diaryl/α,β-unsaturated/α-hetero) is 1. The Morgan fingerprint density at radius 3 is 2.40 bits per heavy atom. The molecule has 25 heavy (non-hydrogen) atoms. The summed E-state index contributed by atoms with van der Waals surface area (Å²) in [5.74, 6) is -0.724. The summed E-state index contributed by atoms with van der Waals surface area (Å²) in [7, 11) is 1.55. The van der Waals surface area contributed by atoms with Crippen LogP contribution in [0.3, 0.4) is 0 Å². The summed E-state index contributed by atoms with van der Waals surface area (Å²) in [6.45, 7) is 1.37. The van der Waals surface area contributed by atoms with Crippen molar-refractivity contribution in [1.82, 2.24) is 9.80 Å². The quantitative estimate of drug-likeness (QED) is 0.623. The van der Waals surface area contributed by atoms with E-state index in [-0.39, 0.29) is 12.3 Å². The molecular weight excluding hydrogens is 340 g/mol. The van der Waals surface area contributed by atoms with Gasteiger partial charge in [-0.05, 0) is 24.6 Å². The van der Waals surface area contributed by atoms with Gasteiger partial charge < -0.3 is 4.90 Å². The zero-order valence-electron chi connectivity index (χ0n) is 13.9. The van der Waals surface area contributed by atoms with E-state index in [1.807, 2.05) is 0 Å². The fourth-order valence-electron chi connectivity index (χ4n) is 2.97. The van der Waals surface area contributed by atoms with E-state index in [1.165, 1.54) is 4.90 Å². The molecule has 0 spiro atoms. The molecule has 1 saturated heterocycles. The third kappa shape index (κ3) is 2.81. The van der Waals surface area contributed by atoms with Crippen molar-refractivity contribution >= 4 is 29.3 Å². The molecule has 2 aromatic rings. The maximum atomic E-state index is 13.0. The number of imide groups is 1. The van der Waals surface area contributed by atoms with Crippen LogP contribution in [0, 0.1) is 0 Å². The molecule has 0 radical (unpaired) electrons. The molecule has 1 heterocycles. The molecule has 5 nitrogen and oxygen atoms in total. The number of hydrogen-bond donors (Lipinski definition) is 0. The fraction of sp³-hybridized carbons (Fsp3) is 0.211. The van der Waals surface area contributed by atoms with Gasteiger partial charge in [0.25, 0.3) is 5.91 Å². The van der Waals surface area contributed by atoms with Gasteiger partial charge in [-0.15, -0.1) is 0 Å². The zero-order valence-corrected chi connectivity index (χ0v) is 14.7. The molecule has 1 unspecified atom stereocenters. The van der Waals surface area contributed by atoms with Crippen molar-refractivity contribution in [3.63, 3.8) is 0 Å². The minimum atomic E-state index is -1.20. The number of halogens is 1. The lowest BCUT2D eigenvalue weighted by molar-refractivity contribution is -0.132. The molecule has 3 amide bonds. The first-order valence-corrected chi connectivity index (χ1v) is 8.17. The van der Waals surface area contributed by atoms with Crippen LogP contribution in [0.25, 0.3) is 0 Å². The van der Waals surface area contributed by atoms with Crippen molar-refractivity contribution in [2.75, 3.05) is 13.6 Å². The average Bonchev–Trinajstić information content (AvgIpc) is 2.78. The summed E-state index contributed by atoms with van der Waals surface area (Å²) in [4.78, 5) is 40.4. The standard InChI is InChI=1S/C19H17ClN2O3/c1-19(14-9-6-10-15(20)11-14)17(24)22(18(25)21(19)2)12-16(23)13-7-4-3-5-8-13/h3-11H,12H2,1-2H3. The van der Waals surface area contributed by atoms with Gasteiger partial charge in [-0.1, -0.05) is 54.1 Å². The van der Waals surface area contributed by atoms with Gasteiger partial charge in [-0.2, -0.15) is 0 Å².